The Bertz CT molecular complexity index is 1070. The number of H-pyrrole nitrogens is 1. The molecular formula is C21H19N3O3. The Hall–Kier alpha value is -3.76. The lowest BCUT2D eigenvalue weighted by molar-refractivity contribution is 0.0689. The third-order valence-corrected chi connectivity index (χ3v) is 4.04. The monoisotopic (exact) mass is 361 g/mol. The Labute approximate surface area is 156 Å². The van der Waals surface area contributed by atoms with Gasteiger partial charge in [-0.2, -0.15) is 0 Å². The molecule has 0 fully saturated rings. The van der Waals surface area contributed by atoms with Gasteiger partial charge in [0.25, 0.3) is 5.56 Å². The van der Waals surface area contributed by atoms with E-state index in [1.54, 1.807) is 30.3 Å². The van der Waals surface area contributed by atoms with Crippen LogP contribution in [0.2, 0.25) is 0 Å². The second kappa shape index (κ2) is 7.64. The first kappa shape index (κ1) is 18.0. The van der Waals surface area contributed by atoms with Crippen LogP contribution in [0, 0.1) is 0 Å². The van der Waals surface area contributed by atoms with Gasteiger partial charge < -0.3 is 10.0 Å². The summed E-state index contributed by atoms with van der Waals surface area (Å²) in [5, 5.41) is 12.1. The second-order valence-corrected chi connectivity index (χ2v) is 6.12. The van der Waals surface area contributed by atoms with E-state index in [-0.39, 0.29) is 11.3 Å². The summed E-state index contributed by atoms with van der Waals surface area (Å²) in [7, 11) is 3.92. The lowest BCUT2D eigenvalue weighted by Crippen LogP contribution is -2.15. The summed E-state index contributed by atoms with van der Waals surface area (Å²) in [5.41, 5.74) is 4.87. The van der Waals surface area contributed by atoms with Crippen molar-refractivity contribution < 1.29 is 9.90 Å². The van der Waals surface area contributed by atoms with Gasteiger partial charge in [-0.05, 0) is 42.0 Å². The number of para-hydroxylation sites is 1. The molecule has 0 aliphatic carbocycles. The highest BCUT2D eigenvalue weighted by Crippen LogP contribution is 2.13. The number of hydrogen-bond acceptors (Lipinski definition) is 3. The van der Waals surface area contributed by atoms with Crippen molar-refractivity contribution in [2.24, 2.45) is 0 Å². The molecule has 0 amide bonds. The van der Waals surface area contributed by atoms with Crippen molar-refractivity contribution in [3.63, 3.8) is 0 Å². The number of aromatic carboxylic acids is 1. The Balaban J connectivity index is 1.98. The minimum Gasteiger partial charge on any atom is -0.477 e. The SMILES string of the molecule is CN(C)c1ccc(C=C=Cc2c(C(=O)O)[nH]n(-c3ccccc3)c2=O)cc1. The highest BCUT2D eigenvalue weighted by Gasteiger charge is 2.18. The molecule has 3 aromatic rings. The molecule has 6 heteroatoms. The van der Waals surface area contributed by atoms with Gasteiger partial charge in [-0.15, -0.1) is 5.73 Å². The van der Waals surface area contributed by atoms with Gasteiger partial charge in [0.05, 0.1) is 11.3 Å². The maximum atomic E-state index is 12.6. The minimum atomic E-state index is -1.20. The number of carboxylic acids is 1. The number of nitrogens with zero attached hydrogens (tertiary/aromatic N) is 2. The van der Waals surface area contributed by atoms with Crippen LogP contribution in [0.4, 0.5) is 5.69 Å². The van der Waals surface area contributed by atoms with Gasteiger partial charge in [-0.3, -0.25) is 9.89 Å². The zero-order chi connectivity index (χ0) is 19.4. The summed E-state index contributed by atoms with van der Waals surface area (Å²) in [5.74, 6) is -1.20. The quantitative estimate of drug-likeness (QED) is 0.684. The van der Waals surface area contributed by atoms with Gasteiger partial charge in [0.2, 0.25) is 0 Å². The maximum Gasteiger partial charge on any atom is 0.354 e. The predicted molar refractivity (Wildman–Crippen MR) is 107 cm³/mol. The Morgan fingerprint density at radius 1 is 1.07 bits per heavy atom. The molecule has 1 heterocycles. The normalized spacial score (nSPS) is 10.1. The van der Waals surface area contributed by atoms with Crippen molar-refractivity contribution in [2.45, 2.75) is 0 Å². The molecule has 0 radical (unpaired) electrons. The Kier molecular flexibility index (Phi) is 5.11. The van der Waals surface area contributed by atoms with Gasteiger partial charge in [-0.1, -0.05) is 30.3 Å². The van der Waals surface area contributed by atoms with Crippen LogP contribution in [0.1, 0.15) is 21.6 Å². The zero-order valence-electron chi connectivity index (χ0n) is 15.0. The van der Waals surface area contributed by atoms with Crippen molar-refractivity contribution in [3.05, 3.63) is 87.5 Å². The number of carbonyl (C=O) groups is 1. The van der Waals surface area contributed by atoms with Crippen molar-refractivity contribution in [1.82, 2.24) is 9.78 Å². The van der Waals surface area contributed by atoms with E-state index in [9.17, 15) is 14.7 Å². The summed E-state index contributed by atoms with van der Waals surface area (Å²) in [6.45, 7) is 0. The fourth-order valence-electron chi connectivity index (χ4n) is 2.60. The summed E-state index contributed by atoms with van der Waals surface area (Å²) in [4.78, 5) is 26.1. The van der Waals surface area contributed by atoms with Crippen LogP contribution >= 0.6 is 0 Å². The number of anilines is 1. The molecule has 0 aliphatic rings. The smallest absolute Gasteiger partial charge is 0.354 e. The molecule has 0 unspecified atom stereocenters. The van der Waals surface area contributed by atoms with Gasteiger partial charge in [0.15, 0.2) is 5.69 Å². The van der Waals surface area contributed by atoms with E-state index in [0.717, 1.165) is 11.3 Å². The predicted octanol–water partition coefficient (Wildman–Crippen LogP) is 3.26. The van der Waals surface area contributed by atoms with Crippen LogP contribution in [-0.2, 0) is 0 Å². The molecule has 0 spiro atoms. The average molecular weight is 361 g/mol. The fraction of sp³-hybridized carbons (Fsp3) is 0.0952. The number of benzene rings is 2. The first-order valence-electron chi connectivity index (χ1n) is 8.31. The van der Waals surface area contributed by atoms with Crippen LogP contribution in [0.3, 0.4) is 0 Å². The van der Waals surface area contributed by atoms with Gasteiger partial charge in [0, 0.05) is 19.8 Å². The zero-order valence-corrected chi connectivity index (χ0v) is 15.0. The standard InChI is InChI=1S/C21H19N3O3/c1-23(2)16-13-11-15(12-14-16)7-6-10-18-19(21(26)27)22-24(20(18)25)17-8-4-3-5-9-17/h3-5,7-14,22H,1-2H3,(H,26,27). The second-order valence-electron chi connectivity index (χ2n) is 6.12. The lowest BCUT2D eigenvalue weighted by Gasteiger charge is -2.11. The van der Waals surface area contributed by atoms with E-state index in [0.29, 0.717) is 5.69 Å². The third-order valence-electron chi connectivity index (χ3n) is 4.04. The molecule has 2 aromatic carbocycles. The van der Waals surface area contributed by atoms with Crippen molar-refractivity contribution in [1.29, 1.82) is 0 Å². The third kappa shape index (κ3) is 3.92. The molecule has 136 valence electrons. The fourth-order valence-corrected chi connectivity index (χ4v) is 2.60. The lowest BCUT2D eigenvalue weighted by atomic mass is 10.2. The number of hydrogen-bond donors (Lipinski definition) is 2. The summed E-state index contributed by atoms with van der Waals surface area (Å²) < 4.78 is 1.21. The van der Waals surface area contributed by atoms with Crippen LogP contribution < -0.4 is 10.5 Å². The Morgan fingerprint density at radius 3 is 2.33 bits per heavy atom. The molecule has 3 rings (SSSR count). The molecule has 6 nitrogen and oxygen atoms in total. The Morgan fingerprint density at radius 2 is 1.74 bits per heavy atom. The minimum absolute atomic E-state index is 0.0486. The number of aromatic nitrogens is 2. The topological polar surface area (TPSA) is 78.3 Å². The molecule has 0 saturated carbocycles. The van der Waals surface area contributed by atoms with E-state index < -0.39 is 11.5 Å². The highest BCUT2D eigenvalue weighted by molar-refractivity contribution is 5.90. The molecule has 0 atom stereocenters. The van der Waals surface area contributed by atoms with Gasteiger partial charge >= 0.3 is 5.97 Å². The van der Waals surface area contributed by atoms with E-state index in [1.165, 1.54) is 10.8 Å². The van der Waals surface area contributed by atoms with E-state index in [1.807, 2.05) is 49.3 Å². The molecule has 1 aromatic heterocycles. The summed E-state index contributed by atoms with van der Waals surface area (Å²) in [6, 6.07) is 16.6. The maximum absolute atomic E-state index is 12.6. The number of nitrogens with one attached hydrogen (secondary N) is 1. The van der Waals surface area contributed by atoms with E-state index in [4.69, 9.17) is 0 Å². The van der Waals surface area contributed by atoms with Crippen LogP contribution in [0.15, 0.2) is 65.1 Å². The van der Waals surface area contributed by atoms with Crippen LogP contribution in [0.5, 0.6) is 0 Å². The molecule has 0 saturated heterocycles. The van der Waals surface area contributed by atoms with Crippen molar-refractivity contribution in [2.75, 3.05) is 19.0 Å². The number of rotatable bonds is 5. The first-order valence-corrected chi connectivity index (χ1v) is 8.31. The highest BCUT2D eigenvalue weighted by atomic mass is 16.4. The van der Waals surface area contributed by atoms with Crippen molar-refractivity contribution in [3.8, 4) is 5.69 Å². The average Bonchev–Trinajstić information content (AvgIpc) is 3.00. The summed E-state index contributed by atoms with van der Waals surface area (Å²) in [6.07, 6.45) is 3.09. The number of carboxylic acid groups (broad SMARTS) is 1. The molecular weight excluding hydrogens is 342 g/mol. The molecule has 0 aliphatic heterocycles. The van der Waals surface area contributed by atoms with Crippen LogP contribution in [0.25, 0.3) is 17.8 Å². The molecule has 27 heavy (non-hydrogen) atoms. The van der Waals surface area contributed by atoms with Gasteiger partial charge in [0.1, 0.15) is 0 Å². The number of aromatic amines is 1. The van der Waals surface area contributed by atoms with Crippen LogP contribution in [-0.4, -0.2) is 35.0 Å². The van der Waals surface area contributed by atoms with Crippen molar-refractivity contribution >= 4 is 23.8 Å². The van der Waals surface area contributed by atoms with E-state index >= 15 is 0 Å². The largest absolute Gasteiger partial charge is 0.477 e. The summed E-state index contributed by atoms with van der Waals surface area (Å²) >= 11 is 0. The first-order chi connectivity index (χ1) is 13.0. The van der Waals surface area contributed by atoms with E-state index in [2.05, 4.69) is 10.8 Å². The molecule has 2 N–H and O–H groups in total. The molecule has 0 bridgehead atoms. The van der Waals surface area contributed by atoms with Gasteiger partial charge in [-0.25, -0.2) is 9.48 Å².